The van der Waals surface area contributed by atoms with Crippen LogP contribution in [0.3, 0.4) is 0 Å². The van der Waals surface area contributed by atoms with E-state index in [1.165, 1.54) is 0 Å². The maximum absolute atomic E-state index is 11.5. The fraction of sp³-hybridized carbons (Fsp3) is 1.00. The minimum absolute atomic E-state index is 0.210. The molecule has 1 nitrogen and oxygen atoms in total. The molecule has 0 saturated carbocycles. The van der Waals surface area contributed by atoms with Gasteiger partial charge in [-0.15, -0.1) is 0 Å². The van der Waals surface area contributed by atoms with E-state index in [1.54, 1.807) is 11.8 Å². The van der Waals surface area contributed by atoms with Gasteiger partial charge in [0.1, 0.15) is 0 Å². The summed E-state index contributed by atoms with van der Waals surface area (Å²) in [6.07, 6.45) is 2.60. The van der Waals surface area contributed by atoms with Crippen LogP contribution in [-0.2, 0) is 4.74 Å². The number of halogens is 3. The zero-order valence-corrected chi connectivity index (χ0v) is 7.17. The Morgan fingerprint density at radius 3 is 2.45 bits per heavy atom. The molecule has 0 saturated heterocycles. The Morgan fingerprint density at radius 1 is 1.36 bits per heavy atom. The average Bonchev–Trinajstić information content (AvgIpc) is 1.85. The van der Waals surface area contributed by atoms with Crippen molar-refractivity contribution >= 4 is 18.7 Å². The summed E-state index contributed by atoms with van der Waals surface area (Å²) in [6.45, 7) is -5.60. The van der Waals surface area contributed by atoms with E-state index >= 15 is 0 Å². The van der Waals surface area contributed by atoms with Crippen LogP contribution in [0, 0.1) is 0 Å². The second kappa shape index (κ2) is 5.77. The van der Waals surface area contributed by atoms with Crippen molar-refractivity contribution < 1.29 is 17.7 Å². The average molecular weight is 187 g/mol. The van der Waals surface area contributed by atoms with Crippen LogP contribution in [0.4, 0.5) is 12.9 Å². The van der Waals surface area contributed by atoms with Gasteiger partial charge in [-0.05, 0) is 18.4 Å². The monoisotopic (exact) mass is 187 g/mol. The van der Waals surface area contributed by atoms with Gasteiger partial charge in [-0.3, -0.25) is 0 Å². The van der Waals surface area contributed by atoms with Crippen molar-refractivity contribution in [3.8, 4) is 0 Å². The summed E-state index contributed by atoms with van der Waals surface area (Å²) in [7, 11) is 0. The second-order valence-electron chi connectivity index (χ2n) is 2.13. The van der Waals surface area contributed by atoms with Crippen LogP contribution in [0.2, 0.25) is 0 Å². The summed E-state index contributed by atoms with van der Waals surface area (Å²) in [6, 6.07) is 0. The third kappa shape index (κ3) is 10.2. The van der Waals surface area contributed by atoms with Gasteiger partial charge in [0.2, 0.25) is 0 Å². The molecular weight excluding hydrogens is 176 g/mol. The van der Waals surface area contributed by atoms with Crippen LogP contribution < -0.4 is 0 Å². The van der Waals surface area contributed by atoms with E-state index in [4.69, 9.17) is 0 Å². The number of hydrogen-bond acceptors (Lipinski definition) is 2. The molecule has 0 rings (SSSR count). The third-order valence-corrected chi connectivity index (χ3v) is 1.64. The highest BCUT2D eigenvalue weighted by atomic mass is 32.2. The zero-order valence-electron chi connectivity index (χ0n) is 6.36. The van der Waals surface area contributed by atoms with Crippen LogP contribution >= 0.6 is 11.8 Å². The predicted molar refractivity (Wildman–Crippen MR) is 42.9 cm³/mol. The number of ether oxygens (including phenoxy) is 1. The van der Waals surface area contributed by atoms with Crippen LogP contribution in [0.5, 0.6) is 0 Å². The molecule has 0 heterocycles. The molecule has 0 aliphatic rings. The lowest BCUT2D eigenvalue weighted by Crippen LogP contribution is -2.24. The van der Waals surface area contributed by atoms with E-state index in [1.807, 2.05) is 6.26 Å². The maximum atomic E-state index is 11.5. The summed E-state index contributed by atoms with van der Waals surface area (Å²) < 4.78 is 38.9. The first kappa shape index (κ1) is 11.2. The Bertz CT molecular complexity index is 98.2. The molecule has 0 aliphatic heterocycles. The molecule has 0 N–H and O–H groups in total. The van der Waals surface area contributed by atoms with Crippen LogP contribution in [0.15, 0.2) is 0 Å². The zero-order chi connectivity index (χ0) is 8.74. The molecule has 0 aromatic heterocycles. The molecule has 0 spiro atoms. The van der Waals surface area contributed by atoms with E-state index < -0.39 is 13.5 Å². The topological polar surface area (TPSA) is 9.23 Å². The SMILES string of the molecule is CSCCCOC[B-](F)(F)F. The lowest BCUT2D eigenvalue weighted by molar-refractivity contribution is 0.151. The highest BCUT2D eigenvalue weighted by molar-refractivity contribution is 7.98. The molecule has 6 heteroatoms. The van der Waals surface area contributed by atoms with Crippen molar-refractivity contribution in [3.05, 3.63) is 0 Å². The van der Waals surface area contributed by atoms with E-state index in [0.29, 0.717) is 6.42 Å². The number of thioether (sulfide) groups is 1. The molecule has 0 aromatic rings. The third-order valence-electron chi connectivity index (χ3n) is 0.944. The molecular formula is C5H11BF3OS-. The van der Waals surface area contributed by atoms with Gasteiger partial charge in [0.15, 0.2) is 0 Å². The van der Waals surface area contributed by atoms with Crippen molar-refractivity contribution in [1.29, 1.82) is 0 Å². The highest BCUT2D eigenvalue weighted by Crippen LogP contribution is 2.08. The summed E-state index contributed by atoms with van der Waals surface area (Å²) in [5.41, 5.74) is 0. The molecule has 0 atom stereocenters. The standard InChI is InChI=1S/C5H11BF3OS/c1-11-4-2-3-10-5-6(7,8)9/h2-5H2,1H3/q-1. The smallest absolute Gasteiger partial charge is 0.447 e. The Balaban J connectivity index is 3.02. The van der Waals surface area contributed by atoms with E-state index in [9.17, 15) is 12.9 Å². The van der Waals surface area contributed by atoms with E-state index in [2.05, 4.69) is 4.74 Å². The first-order valence-corrected chi connectivity index (χ1v) is 4.73. The normalized spacial score (nSPS) is 12.0. The number of hydrogen-bond donors (Lipinski definition) is 0. The van der Waals surface area contributed by atoms with E-state index in [-0.39, 0.29) is 6.61 Å². The van der Waals surface area contributed by atoms with Crippen LogP contribution in [-0.4, -0.2) is 32.1 Å². The van der Waals surface area contributed by atoms with E-state index in [0.717, 1.165) is 5.75 Å². The Kier molecular flexibility index (Phi) is 5.86. The van der Waals surface area contributed by atoms with Crippen molar-refractivity contribution in [1.82, 2.24) is 0 Å². The molecule has 0 aliphatic carbocycles. The molecule has 0 aromatic carbocycles. The van der Waals surface area contributed by atoms with Gasteiger partial charge in [0.25, 0.3) is 0 Å². The summed E-state index contributed by atoms with van der Waals surface area (Å²) in [4.78, 5) is 0. The van der Waals surface area contributed by atoms with Gasteiger partial charge in [0, 0.05) is 13.1 Å². The van der Waals surface area contributed by atoms with Gasteiger partial charge >= 0.3 is 6.98 Å². The van der Waals surface area contributed by atoms with Crippen LogP contribution in [0.1, 0.15) is 6.42 Å². The second-order valence-corrected chi connectivity index (χ2v) is 3.12. The summed E-state index contributed by atoms with van der Waals surface area (Å²) in [5, 5.41) is 0. The maximum Gasteiger partial charge on any atom is 0.503 e. The van der Waals surface area contributed by atoms with Crippen molar-refractivity contribution in [2.45, 2.75) is 6.42 Å². The largest absolute Gasteiger partial charge is 0.503 e. The van der Waals surface area contributed by atoms with Crippen molar-refractivity contribution in [2.75, 3.05) is 25.1 Å². The molecule has 68 valence electrons. The minimum atomic E-state index is -4.75. The fourth-order valence-corrected chi connectivity index (χ4v) is 0.929. The molecule has 0 radical (unpaired) electrons. The molecule has 0 unspecified atom stereocenters. The van der Waals surface area contributed by atoms with Crippen molar-refractivity contribution in [2.24, 2.45) is 0 Å². The molecule has 0 fully saturated rings. The first-order valence-electron chi connectivity index (χ1n) is 3.34. The van der Waals surface area contributed by atoms with Gasteiger partial charge in [-0.2, -0.15) is 11.8 Å². The summed E-state index contributed by atoms with van der Waals surface area (Å²) in [5.74, 6) is 0.852. The van der Waals surface area contributed by atoms with Gasteiger partial charge in [0.05, 0.1) is 0 Å². The van der Waals surface area contributed by atoms with Gasteiger partial charge in [-0.1, -0.05) is 0 Å². The lowest BCUT2D eigenvalue weighted by Gasteiger charge is -2.13. The molecule has 0 amide bonds. The lowest BCUT2D eigenvalue weighted by atomic mass is 9.95. The Hall–Kier alpha value is 0.165. The van der Waals surface area contributed by atoms with Gasteiger partial charge in [-0.25, -0.2) is 0 Å². The van der Waals surface area contributed by atoms with Crippen LogP contribution in [0.25, 0.3) is 0 Å². The summed E-state index contributed by atoms with van der Waals surface area (Å²) >= 11 is 1.60. The molecule has 0 bridgehead atoms. The Morgan fingerprint density at radius 2 is 2.00 bits per heavy atom. The van der Waals surface area contributed by atoms with Crippen molar-refractivity contribution in [3.63, 3.8) is 0 Å². The molecule has 11 heavy (non-hydrogen) atoms. The number of rotatable bonds is 6. The highest BCUT2D eigenvalue weighted by Gasteiger charge is 2.22. The predicted octanol–water partition coefficient (Wildman–Crippen LogP) is 2.14. The Labute approximate surface area is 68.7 Å². The van der Waals surface area contributed by atoms with Gasteiger partial charge < -0.3 is 17.7 Å². The minimum Gasteiger partial charge on any atom is -0.447 e. The quantitative estimate of drug-likeness (QED) is 0.465. The first-order chi connectivity index (χ1) is 5.06. The fourth-order valence-electron chi connectivity index (χ4n) is 0.522.